The Hall–Kier alpha value is -5.01. The third kappa shape index (κ3) is 12.4. The van der Waals surface area contributed by atoms with Gasteiger partial charge in [-0.05, 0) is 85.2 Å². The van der Waals surface area contributed by atoms with E-state index in [-0.39, 0.29) is 36.8 Å². The molecule has 2 aromatic rings. The first-order chi connectivity index (χ1) is 31.1. The molecule has 0 aromatic heterocycles. The van der Waals surface area contributed by atoms with Gasteiger partial charge in [0.1, 0.15) is 34.9 Å². The Morgan fingerprint density at radius 2 is 1.52 bits per heavy atom. The summed E-state index contributed by atoms with van der Waals surface area (Å²) in [5.41, 5.74) is 0.952. The molecule has 0 spiro atoms. The van der Waals surface area contributed by atoms with Gasteiger partial charge in [0, 0.05) is 61.4 Å². The number of ether oxygens (including phenoxy) is 3. The van der Waals surface area contributed by atoms with Crippen molar-refractivity contribution in [2.75, 3.05) is 57.7 Å². The lowest BCUT2D eigenvalue weighted by Gasteiger charge is -2.30. The van der Waals surface area contributed by atoms with Crippen LogP contribution >= 0.6 is 0 Å². The predicted molar refractivity (Wildman–Crippen MR) is 235 cm³/mol. The molecular formula is C44H50F4N2O14S3. The van der Waals surface area contributed by atoms with Crippen molar-refractivity contribution in [1.29, 1.82) is 0 Å². The average Bonchev–Trinajstić information content (AvgIpc) is 3.45. The van der Waals surface area contributed by atoms with E-state index in [1.54, 1.807) is 44.3 Å². The number of hydrogen-bond acceptors (Lipinski definition) is 14. The lowest BCUT2D eigenvalue weighted by atomic mass is 9.77. The Labute approximate surface area is 385 Å². The highest BCUT2D eigenvalue weighted by molar-refractivity contribution is 7.86. The molecule has 5 rings (SSSR count). The normalized spacial score (nSPS) is 16.4. The Morgan fingerprint density at radius 3 is 2.07 bits per heavy atom. The number of anilines is 1. The van der Waals surface area contributed by atoms with Crippen LogP contribution in [0, 0.1) is 23.3 Å². The summed E-state index contributed by atoms with van der Waals surface area (Å²) in [5, 5.41) is 0.846. The molecule has 0 radical (unpaired) electrons. The minimum atomic E-state index is -5.55. The largest absolute Gasteiger partial charge is 0.748 e. The van der Waals surface area contributed by atoms with Crippen molar-refractivity contribution >= 4 is 48.1 Å². The van der Waals surface area contributed by atoms with Gasteiger partial charge in [-0.1, -0.05) is 26.8 Å². The number of hydrogen-bond donors (Lipinski definition) is 0. The maximum absolute atomic E-state index is 14.7. The van der Waals surface area contributed by atoms with E-state index >= 15 is 0 Å². The molecule has 0 bridgehead atoms. The summed E-state index contributed by atoms with van der Waals surface area (Å²) in [6, 6.07) is 11.2. The topological polar surface area (TPSA) is 236 Å². The van der Waals surface area contributed by atoms with Gasteiger partial charge < -0.3 is 37.2 Å². The van der Waals surface area contributed by atoms with Crippen LogP contribution in [0.1, 0.15) is 70.3 Å². The lowest BCUT2D eigenvalue weighted by Crippen LogP contribution is -2.35. The van der Waals surface area contributed by atoms with Gasteiger partial charge in [0.05, 0.1) is 21.1 Å². The number of halogens is 4. The molecule has 1 atom stereocenters. The van der Waals surface area contributed by atoms with E-state index in [9.17, 15) is 56.7 Å². The number of benzene rings is 3. The van der Waals surface area contributed by atoms with Gasteiger partial charge in [0.25, 0.3) is 0 Å². The highest BCUT2D eigenvalue weighted by atomic mass is 32.2. The molecule has 366 valence electrons. The van der Waals surface area contributed by atoms with Crippen LogP contribution in [-0.2, 0) is 55.5 Å². The molecule has 2 N–H and O–H groups in total. The zero-order valence-corrected chi connectivity index (χ0v) is 39.7. The summed E-state index contributed by atoms with van der Waals surface area (Å²) in [6.07, 6.45) is 3.58. The van der Waals surface area contributed by atoms with Crippen LogP contribution in [0.25, 0.3) is 17.4 Å². The van der Waals surface area contributed by atoms with Gasteiger partial charge in [-0.15, -0.1) is 8.42 Å². The van der Waals surface area contributed by atoms with E-state index in [0.717, 1.165) is 28.6 Å². The van der Waals surface area contributed by atoms with E-state index in [1.165, 1.54) is 6.07 Å². The summed E-state index contributed by atoms with van der Waals surface area (Å²) in [4.78, 5) is 11.7. The molecule has 0 saturated heterocycles. The number of carbonyl (C=O) groups excluding carboxylic acids is 1. The van der Waals surface area contributed by atoms with Gasteiger partial charge in [0.2, 0.25) is 27.6 Å². The Morgan fingerprint density at radius 1 is 0.896 bits per heavy atom. The van der Waals surface area contributed by atoms with Crippen LogP contribution in [0.2, 0.25) is 0 Å². The molecule has 67 heavy (non-hydrogen) atoms. The molecule has 3 aliphatic rings. The Balaban J connectivity index is 1.60. The minimum Gasteiger partial charge on any atom is -0.748 e. The number of rotatable bonds is 19. The smallest absolute Gasteiger partial charge is 0.415 e. The molecule has 2 aromatic carbocycles. The van der Waals surface area contributed by atoms with Crippen molar-refractivity contribution < 1.29 is 79.9 Å². The molecule has 2 aliphatic heterocycles. The van der Waals surface area contributed by atoms with Crippen molar-refractivity contribution in [3.63, 3.8) is 0 Å². The number of allylic oxidation sites excluding steroid dienone is 3. The van der Waals surface area contributed by atoms with Crippen molar-refractivity contribution in [1.82, 2.24) is 4.58 Å². The molecule has 23 heteroatoms. The summed E-state index contributed by atoms with van der Waals surface area (Å²) >= 11 is 0. The lowest BCUT2D eigenvalue weighted by molar-refractivity contribution is -0.135. The minimum absolute atomic E-state index is 0.116. The van der Waals surface area contributed by atoms with Gasteiger partial charge in [-0.3, -0.25) is 4.79 Å². The molecule has 1 unspecified atom stereocenters. The maximum Gasteiger partial charge on any atom is 0.415 e. The quantitative estimate of drug-likeness (QED) is 0.0229. The van der Waals surface area contributed by atoms with Gasteiger partial charge in [-0.2, -0.15) is 8.78 Å². The summed E-state index contributed by atoms with van der Waals surface area (Å²) < 4.78 is 184. The van der Waals surface area contributed by atoms with Gasteiger partial charge in [0.15, 0.2) is 24.7 Å². The van der Waals surface area contributed by atoms with Crippen LogP contribution in [0.3, 0.4) is 0 Å². The van der Waals surface area contributed by atoms with E-state index in [1.807, 2.05) is 45.0 Å². The number of nitrogens with zero attached hydrogens (tertiary/aromatic N) is 2. The fourth-order valence-corrected chi connectivity index (χ4v) is 9.49. The van der Waals surface area contributed by atoms with E-state index < -0.39 is 92.7 Å². The zero-order valence-electron chi connectivity index (χ0n) is 37.3. The first-order valence-electron chi connectivity index (χ1n) is 20.5. The Kier molecular flexibility index (Phi) is 16.4. The van der Waals surface area contributed by atoms with E-state index in [4.69, 9.17) is 18.4 Å². The summed E-state index contributed by atoms with van der Waals surface area (Å²) in [6.45, 7) is 9.65. The fourth-order valence-electron chi connectivity index (χ4n) is 7.86. The highest BCUT2D eigenvalue weighted by Gasteiger charge is 2.44. The first kappa shape index (κ1) is 53.0. The number of methoxy groups -OCH3 is 2. The zero-order chi connectivity index (χ0) is 49.9. The van der Waals surface area contributed by atoms with E-state index in [0.29, 0.717) is 49.2 Å². The second-order valence-electron chi connectivity index (χ2n) is 16.9. The number of esters is 1. The van der Waals surface area contributed by atoms with Crippen LogP contribution in [0.5, 0.6) is 5.75 Å². The van der Waals surface area contributed by atoms with Crippen LogP contribution in [-0.4, -0.2) is 97.7 Å². The van der Waals surface area contributed by atoms with Crippen LogP contribution in [0.4, 0.5) is 23.2 Å². The molecule has 0 amide bonds. The standard InChI is InChI=1S/C44H50F4N2O14S3/c1-43(2,3)31-25-28(63-34-24-27(13-15-30(31)34)49(19-21-61-5)20-22-62-6)10-7-11-35-44(4,32-26-29(66(55,56)57)14-16-33(32)50(35)18-9-23-65(52,53)54)17-8-12-36(51)64-41-37(45)39(47)42(67(58,59)60)40(48)38(41)46/h7,10-11,13-16,24-26H,8-9,12,17-23H2,1-6H3,(H2-,52,53,54,55,56,57,58,59,60). The van der Waals surface area contributed by atoms with Crippen LogP contribution < -0.4 is 19.6 Å². The average molecular weight is 1000 g/mol. The van der Waals surface area contributed by atoms with Crippen molar-refractivity contribution in [2.45, 2.75) is 74.0 Å². The van der Waals surface area contributed by atoms with Gasteiger partial charge >= 0.3 is 16.1 Å². The van der Waals surface area contributed by atoms with Crippen molar-refractivity contribution in [3.05, 3.63) is 106 Å². The Bertz CT molecular complexity index is 2950. The van der Waals surface area contributed by atoms with Crippen LogP contribution in [0.15, 0.2) is 74.5 Å². The summed E-state index contributed by atoms with van der Waals surface area (Å²) in [5.74, 6) is -12.9. The monoisotopic (exact) mass is 1000 g/mol. The van der Waals surface area contributed by atoms with Crippen molar-refractivity contribution in [3.8, 4) is 17.1 Å². The fraction of sp³-hybridized carbons (Fsp3) is 0.409. The summed E-state index contributed by atoms with van der Waals surface area (Å²) in [7, 11) is -12.1. The molecule has 0 fully saturated rings. The molecular weight excluding hydrogens is 953 g/mol. The number of carbonyl (C=O) groups is 1. The second kappa shape index (κ2) is 20.7. The third-order valence-corrected chi connectivity index (χ3v) is 13.6. The number of fused-ring (bicyclic) bond motifs is 2. The maximum atomic E-state index is 14.7. The first-order valence-corrected chi connectivity index (χ1v) is 25.0. The third-order valence-electron chi connectivity index (χ3n) is 11.1. The molecule has 2 heterocycles. The highest BCUT2D eigenvalue weighted by Crippen LogP contribution is 2.51. The second-order valence-corrected chi connectivity index (χ2v) is 21.2. The molecule has 16 nitrogen and oxygen atoms in total. The molecule has 1 aliphatic carbocycles. The van der Waals surface area contributed by atoms with E-state index in [2.05, 4.69) is 9.31 Å². The van der Waals surface area contributed by atoms with Gasteiger partial charge in [-0.25, -0.2) is 30.2 Å². The molecule has 0 saturated carbocycles. The van der Waals surface area contributed by atoms with Crippen molar-refractivity contribution in [2.24, 2.45) is 0 Å². The predicted octanol–water partition coefficient (Wildman–Crippen LogP) is 5.01. The SMILES string of the molecule is COCC[N+](CCOC)=c1ccc2c(C(C)(C)C)cc(/C=C/C=C3/N(CCCS(=O)(=O)[O-])c4ccc(S(=O)(=O)[O-])cc4C3(C)CCCC(=O)Oc3c(F)c(F)c(S(=O)(=O)[OH2+])c(F)c3F)oc-2c1.